The number of nitrogens with zero attached hydrogens (tertiary/aromatic N) is 2. The summed E-state index contributed by atoms with van der Waals surface area (Å²) >= 11 is 1.24. The Bertz CT molecular complexity index is 856. The zero-order chi connectivity index (χ0) is 21.2. The van der Waals surface area contributed by atoms with Crippen molar-refractivity contribution < 1.29 is 18.0 Å². The summed E-state index contributed by atoms with van der Waals surface area (Å²) in [6.07, 6.45) is 2.78. The van der Waals surface area contributed by atoms with Gasteiger partial charge >= 0.3 is 0 Å². The smallest absolute Gasteiger partial charge is 0.252 e. The van der Waals surface area contributed by atoms with E-state index in [4.69, 9.17) is 0 Å². The monoisotopic (exact) mass is 439 g/mol. The van der Waals surface area contributed by atoms with Crippen LogP contribution >= 0.6 is 11.3 Å². The summed E-state index contributed by atoms with van der Waals surface area (Å²) in [5, 5.41) is 4.52. The first kappa shape index (κ1) is 22.0. The second-order valence-corrected chi connectivity index (χ2v) is 11.4. The SMILES string of the molecule is C=C(C)C[C@H](NC(C)=O)C(=O)N1CCC2(CCN(S(=O)(=O)c3cccs3)CC2)C1. The van der Waals surface area contributed by atoms with Gasteiger partial charge in [-0.15, -0.1) is 17.9 Å². The molecule has 1 N–H and O–H groups in total. The van der Waals surface area contributed by atoms with Crippen molar-refractivity contribution in [2.45, 2.75) is 49.8 Å². The second kappa shape index (κ2) is 8.57. The lowest BCUT2D eigenvalue weighted by atomic mass is 9.78. The molecule has 0 aliphatic carbocycles. The van der Waals surface area contributed by atoms with Crippen LogP contribution in [0.25, 0.3) is 0 Å². The summed E-state index contributed by atoms with van der Waals surface area (Å²) in [6.45, 7) is 9.33. The van der Waals surface area contributed by atoms with E-state index < -0.39 is 16.1 Å². The molecular weight excluding hydrogens is 410 g/mol. The lowest BCUT2D eigenvalue weighted by Gasteiger charge is -2.38. The van der Waals surface area contributed by atoms with Crippen molar-refractivity contribution in [1.29, 1.82) is 0 Å². The number of amides is 2. The second-order valence-electron chi connectivity index (χ2n) is 8.26. The Morgan fingerprint density at radius 1 is 1.24 bits per heavy atom. The van der Waals surface area contributed by atoms with E-state index >= 15 is 0 Å². The van der Waals surface area contributed by atoms with Crippen molar-refractivity contribution in [2.24, 2.45) is 5.41 Å². The van der Waals surface area contributed by atoms with E-state index in [0.717, 1.165) is 24.8 Å². The van der Waals surface area contributed by atoms with Gasteiger partial charge in [-0.3, -0.25) is 9.59 Å². The van der Waals surface area contributed by atoms with Crippen molar-refractivity contribution >= 4 is 33.2 Å². The van der Waals surface area contributed by atoms with Gasteiger partial charge in [-0.2, -0.15) is 4.31 Å². The molecule has 7 nitrogen and oxygen atoms in total. The molecule has 2 fully saturated rings. The van der Waals surface area contributed by atoms with Crippen LogP contribution in [0.15, 0.2) is 33.9 Å². The van der Waals surface area contributed by atoms with Crippen LogP contribution in [0.5, 0.6) is 0 Å². The zero-order valence-electron chi connectivity index (χ0n) is 17.0. The predicted octanol–water partition coefficient (Wildman–Crippen LogP) is 2.22. The fourth-order valence-corrected chi connectivity index (χ4v) is 6.87. The van der Waals surface area contributed by atoms with Gasteiger partial charge in [-0.05, 0) is 49.5 Å². The van der Waals surface area contributed by atoms with Crippen molar-refractivity contribution in [3.63, 3.8) is 0 Å². The summed E-state index contributed by atoms with van der Waals surface area (Å²) in [6, 6.07) is 2.81. The molecule has 29 heavy (non-hydrogen) atoms. The van der Waals surface area contributed by atoms with Gasteiger partial charge in [-0.1, -0.05) is 11.6 Å². The van der Waals surface area contributed by atoms with Crippen LogP contribution in [0.4, 0.5) is 0 Å². The molecule has 2 saturated heterocycles. The first-order valence-electron chi connectivity index (χ1n) is 9.87. The highest BCUT2D eigenvalue weighted by Crippen LogP contribution is 2.42. The summed E-state index contributed by atoms with van der Waals surface area (Å²) in [7, 11) is -3.42. The largest absolute Gasteiger partial charge is 0.344 e. The summed E-state index contributed by atoms with van der Waals surface area (Å²) in [4.78, 5) is 26.3. The summed E-state index contributed by atoms with van der Waals surface area (Å²) in [5.74, 6) is -0.306. The van der Waals surface area contributed by atoms with Gasteiger partial charge in [0.1, 0.15) is 10.3 Å². The van der Waals surface area contributed by atoms with E-state index in [1.165, 1.54) is 18.3 Å². The van der Waals surface area contributed by atoms with Gasteiger partial charge in [-0.25, -0.2) is 8.42 Å². The highest BCUT2D eigenvalue weighted by molar-refractivity contribution is 7.91. The number of likely N-dealkylation sites (tertiary alicyclic amines) is 1. The van der Waals surface area contributed by atoms with Crippen LogP contribution in [0, 0.1) is 5.41 Å². The molecule has 1 spiro atoms. The molecule has 160 valence electrons. The molecule has 1 aromatic heterocycles. The molecule has 1 atom stereocenters. The molecular formula is C20H29N3O4S2. The van der Waals surface area contributed by atoms with Crippen LogP contribution in [0.1, 0.15) is 39.5 Å². The molecule has 2 aliphatic rings. The van der Waals surface area contributed by atoms with Crippen LogP contribution < -0.4 is 5.32 Å². The minimum absolute atomic E-state index is 0.0405. The number of rotatable bonds is 6. The van der Waals surface area contributed by atoms with Crippen LogP contribution in [0.3, 0.4) is 0 Å². The van der Waals surface area contributed by atoms with E-state index in [1.54, 1.807) is 21.8 Å². The molecule has 0 radical (unpaired) electrons. The highest BCUT2D eigenvalue weighted by Gasteiger charge is 2.45. The van der Waals surface area contributed by atoms with Crippen molar-refractivity contribution in [3.05, 3.63) is 29.7 Å². The van der Waals surface area contributed by atoms with Crippen molar-refractivity contribution in [3.8, 4) is 0 Å². The molecule has 0 bridgehead atoms. The Morgan fingerprint density at radius 2 is 1.90 bits per heavy atom. The van der Waals surface area contributed by atoms with Gasteiger partial charge in [0.05, 0.1) is 0 Å². The maximum absolute atomic E-state index is 13.0. The van der Waals surface area contributed by atoms with Crippen LogP contribution in [0.2, 0.25) is 0 Å². The Hall–Kier alpha value is -1.71. The average Bonchev–Trinajstić information content (AvgIpc) is 3.31. The first-order chi connectivity index (χ1) is 13.6. The number of hydrogen-bond acceptors (Lipinski definition) is 5. The highest BCUT2D eigenvalue weighted by atomic mass is 32.2. The molecule has 3 heterocycles. The van der Waals surface area contributed by atoms with Crippen LogP contribution in [-0.4, -0.2) is 61.7 Å². The third-order valence-electron chi connectivity index (χ3n) is 5.85. The third-order valence-corrected chi connectivity index (χ3v) is 9.12. The average molecular weight is 440 g/mol. The Balaban J connectivity index is 1.62. The van der Waals surface area contributed by atoms with Gasteiger partial charge in [0.25, 0.3) is 10.0 Å². The standard InChI is InChI=1S/C20H29N3O4S2/c1-15(2)13-17(21-16(3)24)19(25)22-9-6-20(14-22)7-10-23(11-8-20)29(26,27)18-5-4-12-28-18/h4-5,12,17H,1,6-11,13-14H2,2-3H3,(H,21,24)/t17-/m0/s1. The number of nitrogens with one attached hydrogen (secondary N) is 1. The third kappa shape index (κ3) is 4.90. The number of hydrogen-bond donors (Lipinski definition) is 1. The number of carbonyl (C=O) groups is 2. The maximum Gasteiger partial charge on any atom is 0.252 e. The molecule has 0 saturated carbocycles. The first-order valence-corrected chi connectivity index (χ1v) is 12.2. The summed E-state index contributed by atoms with van der Waals surface area (Å²) < 4.78 is 27.4. The Morgan fingerprint density at radius 3 is 2.45 bits per heavy atom. The van der Waals surface area contributed by atoms with E-state index in [9.17, 15) is 18.0 Å². The Kier molecular flexibility index (Phi) is 6.50. The molecule has 1 aromatic rings. The van der Waals surface area contributed by atoms with Gasteiger partial charge in [0, 0.05) is 33.1 Å². The minimum Gasteiger partial charge on any atom is -0.344 e. The summed E-state index contributed by atoms with van der Waals surface area (Å²) in [5.41, 5.74) is 0.805. The quantitative estimate of drug-likeness (QED) is 0.689. The van der Waals surface area contributed by atoms with Crippen molar-refractivity contribution in [2.75, 3.05) is 26.2 Å². The Labute approximate surface area is 176 Å². The molecule has 3 rings (SSSR count). The molecule has 9 heteroatoms. The molecule has 2 aliphatic heterocycles. The number of piperidine rings is 1. The molecule has 0 aromatic carbocycles. The zero-order valence-corrected chi connectivity index (χ0v) is 18.7. The number of sulfonamides is 1. The lowest BCUT2D eigenvalue weighted by molar-refractivity contribution is -0.135. The van der Waals surface area contributed by atoms with Gasteiger partial charge in [0.2, 0.25) is 11.8 Å². The minimum atomic E-state index is -3.42. The number of thiophene rings is 1. The number of carbonyl (C=O) groups excluding carboxylic acids is 2. The molecule has 2 amide bonds. The van der Waals surface area contributed by atoms with E-state index in [0.29, 0.717) is 36.8 Å². The lowest BCUT2D eigenvalue weighted by Crippen LogP contribution is -2.49. The molecule has 0 unspecified atom stereocenters. The topological polar surface area (TPSA) is 86.8 Å². The fraction of sp³-hybridized carbons (Fsp3) is 0.600. The van der Waals surface area contributed by atoms with E-state index in [1.807, 2.05) is 11.8 Å². The fourth-order valence-electron chi connectivity index (χ4n) is 4.28. The van der Waals surface area contributed by atoms with Crippen molar-refractivity contribution in [1.82, 2.24) is 14.5 Å². The van der Waals surface area contributed by atoms with E-state index in [2.05, 4.69) is 11.9 Å². The van der Waals surface area contributed by atoms with E-state index in [-0.39, 0.29) is 17.2 Å². The maximum atomic E-state index is 13.0. The van der Waals surface area contributed by atoms with Crippen LogP contribution in [-0.2, 0) is 19.6 Å². The normalized spacial score (nSPS) is 20.6. The van der Waals surface area contributed by atoms with Gasteiger partial charge in [0.15, 0.2) is 0 Å². The predicted molar refractivity (Wildman–Crippen MR) is 113 cm³/mol. The van der Waals surface area contributed by atoms with Gasteiger partial charge < -0.3 is 10.2 Å².